The fourth-order valence-electron chi connectivity index (χ4n) is 3.27. The van der Waals surface area contributed by atoms with Gasteiger partial charge in [-0.1, -0.05) is 17.2 Å². The molecule has 26 heavy (non-hydrogen) atoms. The first-order valence-corrected chi connectivity index (χ1v) is 8.40. The number of aryl methyl sites for hydroxylation is 1. The van der Waals surface area contributed by atoms with E-state index in [1.165, 1.54) is 12.1 Å². The summed E-state index contributed by atoms with van der Waals surface area (Å²) in [5.74, 6) is -2.15. The second-order valence-corrected chi connectivity index (χ2v) is 6.29. The van der Waals surface area contributed by atoms with Gasteiger partial charge in [-0.15, -0.1) is 0 Å². The molecule has 2 amide bonds. The second kappa shape index (κ2) is 6.38. The number of amides is 2. The van der Waals surface area contributed by atoms with E-state index in [0.717, 1.165) is 18.5 Å². The van der Waals surface area contributed by atoms with Crippen molar-refractivity contribution in [3.05, 3.63) is 52.8 Å². The van der Waals surface area contributed by atoms with Gasteiger partial charge in [0.2, 0.25) is 0 Å². The minimum absolute atomic E-state index is 0.0607. The van der Waals surface area contributed by atoms with E-state index in [1.54, 1.807) is 22.9 Å². The van der Waals surface area contributed by atoms with E-state index in [2.05, 4.69) is 5.10 Å². The Labute approximate surface area is 149 Å². The third-order valence-corrected chi connectivity index (χ3v) is 4.60. The molecule has 0 unspecified atom stereocenters. The summed E-state index contributed by atoms with van der Waals surface area (Å²) >= 11 is 0. The summed E-state index contributed by atoms with van der Waals surface area (Å²) in [6.07, 6.45) is 1.63. The van der Waals surface area contributed by atoms with Gasteiger partial charge >= 0.3 is 5.97 Å². The first kappa shape index (κ1) is 16.5. The summed E-state index contributed by atoms with van der Waals surface area (Å²) in [7, 11) is 0. The molecule has 1 aromatic heterocycles. The zero-order valence-electron chi connectivity index (χ0n) is 14.2. The van der Waals surface area contributed by atoms with Crippen LogP contribution in [0.3, 0.4) is 0 Å². The summed E-state index contributed by atoms with van der Waals surface area (Å²) in [5, 5.41) is 4.81. The van der Waals surface area contributed by atoms with Gasteiger partial charge in [0.25, 0.3) is 11.8 Å². The molecule has 4 rings (SSSR count). The molecule has 2 aliphatic rings. The van der Waals surface area contributed by atoms with E-state index >= 15 is 0 Å². The monoisotopic (exact) mass is 355 g/mol. The van der Waals surface area contributed by atoms with E-state index < -0.39 is 17.8 Å². The summed E-state index contributed by atoms with van der Waals surface area (Å²) in [5.41, 5.74) is 1.31. The Morgan fingerprint density at radius 3 is 2.38 bits per heavy atom. The molecule has 2 aliphatic heterocycles. The molecule has 0 spiro atoms. The molecule has 0 saturated carbocycles. The van der Waals surface area contributed by atoms with Crippen LogP contribution in [0.2, 0.25) is 0 Å². The number of aromatic nitrogens is 2. The predicted octanol–water partition coefficient (Wildman–Crippen LogP) is 1.91. The highest BCUT2D eigenvalue weighted by molar-refractivity contribution is 6.21. The van der Waals surface area contributed by atoms with Crippen molar-refractivity contribution in [2.75, 3.05) is 13.2 Å². The highest BCUT2D eigenvalue weighted by atomic mass is 16.7. The van der Waals surface area contributed by atoms with Crippen LogP contribution in [0.4, 0.5) is 0 Å². The number of carbonyl (C=O) groups is 3. The number of benzene rings is 1. The van der Waals surface area contributed by atoms with Gasteiger partial charge in [0.05, 0.1) is 17.2 Å². The van der Waals surface area contributed by atoms with Gasteiger partial charge in [-0.05, 0) is 38.0 Å². The van der Waals surface area contributed by atoms with Crippen molar-refractivity contribution >= 4 is 17.8 Å². The maximum Gasteiger partial charge on any atom is 0.384 e. The molecule has 0 bridgehead atoms. The average molecular weight is 355 g/mol. The van der Waals surface area contributed by atoms with Gasteiger partial charge in [0, 0.05) is 18.9 Å². The second-order valence-electron chi connectivity index (χ2n) is 6.29. The number of carbonyl (C=O) groups excluding carboxylic acids is 3. The first-order valence-electron chi connectivity index (χ1n) is 8.40. The normalized spacial score (nSPS) is 17.5. The fourth-order valence-corrected chi connectivity index (χ4v) is 3.27. The number of hydrogen-bond acceptors (Lipinski definition) is 6. The van der Waals surface area contributed by atoms with Gasteiger partial charge in [-0.25, -0.2) is 4.79 Å². The largest absolute Gasteiger partial charge is 0.384 e. The average Bonchev–Trinajstić information content (AvgIpc) is 3.17. The maximum absolute atomic E-state index is 12.4. The number of hydrogen-bond donors (Lipinski definition) is 0. The highest BCUT2D eigenvalue weighted by Gasteiger charge is 2.39. The summed E-state index contributed by atoms with van der Waals surface area (Å²) < 4.78 is 7.12. The van der Waals surface area contributed by atoms with Crippen LogP contribution >= 0.6 is 0 Å². The Balaban J connectivity index is 1.53. The number of hydroxylamine groups is 2. The molecule has 1 aromatic carbocycles. The molecule has 134 valence electrons. The molecule has 8 heteroatoms. The third kappa shape index (κ3) is 2.68. The Morgan fingerprint density at radius 1 is 1.15 bits per heavy atom. The topological polar surface area (TPSA) is 90.7 Å². The van der Waals surface area contributed by atoms with Crippen molar-refractivity contribution in [3.63, 3.8) is 0 Å². The number of nitrogens with zero attached hydrogens (tertiary/aromatic N) is 3. The molecular formula is C18H17N3O5. The zero-order chi connectivity index (χ0) is 18.3. The van der Waals surface area contributed by atoms with Gasteiger partial charge in [-0.2, -0.15) is 5.10 Å². The lowest BCUT2D eigenvalue weighted by molar-refractivity contribution is -0.0589. The van der Waals surface area contributed by atoms with Gasteiger partial charge in [0.15, 0.2) is 5.69 Å². The number of imide groups is 1. The van der Waals surface area contributed by atoms with Crippen LogP contribution in [0.15, 0.2) is 30.3 Å². The third-order valence-electron chi connectivity index (χ3n) is 4.60. The minimum Gasteiger partial charge on any atom is -0.381 e. The van der Waals surface area contributed by atoms with Crippen molar-refractivity contribution in [2.45, 2.75) is 25.8 Å². The van der Waals surface area contributed by atoms with Crippen molar-refractivity contribution in [1.82, 2.24) is 14.8 Å². The standard InChI is InChI=1S/C18H17N3O5/c1-11-10-15(19-20(11)12-6-8-25-9-7-12)18(24)26-21-16(22)13-4-2-3-5-14(13)17(21)23/h2-5,10,12H,6-9H2,1H3. The quantitative estimate of drug-likeness (QED) is 0.781. The summed E-state index contributed by atoms with van der Waals surface area (Å²) in [4.78, 5) is 42.0. The van der Waals surface area contributed by atoms with Crippen LogP contribution in [0, 0.1) is 6.92 Å². The smallest absolute Gasteiger partial charge is 0.381 e. The lowest BCUT2D eigenvalue weighted by Gasteiger charge is -2.23. The Bertz CT molecular complexity index is 863. The maximum atomic E-state index is 12.4. The van der Waals surface area contributed by atoms with Gasteiger partial charge in [0.1, 0.15) is 0 Å². The molecule has 1 fully saturated rings. The number of rotatable bonds is 3. The predicted molar refractivity (Wildman–Crippen MR) is 88.4 cm³/mol. The lowest BCUT2D eigenvalue weighted by Crippen LogP contribution is -2.33. The summed E-state index contributed by atoms with van der Waals surface area (Å²) in [6.45, 7) is 3.15. The molecule has 0 N–H and O–H groups in total. The summed E-state index contributed by atoms with van der Waals surface area (Å²) in [6, 6.07) is 8.09. The van der Waals surface area contributed by atoms with Crippen molar-refractivity contribution < 1.29 is 24.0 Å². The number of ether oxygens (including phenoxy) is 1. The van der Waals surface area contributed by atoms with E-state index in [0.29, 0.717) is 18.3 Å². The SMILES string of the molecule is Cc1cc(C(=O)ON2C(=O)c3ccccc3C2=O)nn1C1CCOCC1. The van der Waals surface area contributed by atoms with Crippen LogP contribution in [0.5, 0.6) is 0 Å². The van der Waals surface area contributed by atoms with Crippen LogP contribution < -0.4 is 0 Å². The van der Waals surface area contributed by atoms with Crippen molar-refractivity contribution in [1.29, 1.82) is 0 Å². The van der Waals surface area contributed by atoms with Gasteiger partial charge < -0.3 is 9.57 Å². The van der Waals surface area contributed by atoms with E-state index in [9.17, 15) is 14.4 Å². The zero-order valence-corrected chi connectivity index (χ0v) is 14.2. The van der Waals surface area contributed by atoms with Crippen LogP contribution in [0.1, 0.15) is 55.8 Å². The highest BCUT2D eigenvalue weighted by Crippen LogP contribution is 2.25. The molecular weight excluding hydrogens is 338 g/mol. The molecule has 3 heterocycles. The number of fused-ring (bicyclic) bond motifs is 1. The van der Waals surface area contributed by atoms with Crippen LogP contribution in [-0.2, 0) is 9.57 Å². The minimum atomic E-state index is -0.839. The molecule has 0 atom stereocenters. The molecule has 0 aliphatic carbocycles. The lowest BCUT2D eigenvalue weighted by atomic mass is 10.1. The Morgan fingerprint density at radius 2 is 1.77 bits per heavy atom. The molecule has 0 radical (unpaired) electrons. The Hall–Kier alpha value is -3.00. The van der Waals surface area contributed by atoms with E-state index in [4.69, 9.17) is 9.57 Å². The van der Waals surface area contributed by atoms with Crippen molar-refractivity contribution in [3.8, 4) is 0 Å². The van der Waals surface area contributed by atoms with E-state index in [-0.39, 0.29) is 22.9 Å². The van der Waals surface area contributed by atoms with Crippen LogP contribution in [-0.4, -0.2) is 45.8 Å². The molecule has 8 nitrogen and oxygen atoms in total. The fraction of sp³-hybridized carbons (Fsp3) is 0.333. The Kier molecular flexibility index (Phi) is 4.04. The molecule has 2 aromatic rings. The van der Waals surface area contributed by atoms with Gasteiger partial charge in [-0.3, -0.25) is 14.3 Å². The first-order chi connectivity index (χ1) is 12.6. The van der Waals surface area contributed by atoms with E-state index in [1.807, 2.05) is 6.92 Å². The molecule has 1 saturated heterocycles. The van der Waals surface area contributed by atoms with Crippen molar-refractivity contribution in [2.24, 2.45) is 0 Å². The van der Waals surface area contributed by atoms with Crippen LogP contribution in [0.25, 0.3) is 0 Å².